The molecule has 0 spiro atoms. The predicted molar refractivity (Wildman–Crippen MR) is 65.0 cm³/mol. The van der Waals surface area contributed by atoms with Crippen LogP contribution in [-0.2, 0) is 12.6 Å². The lowest BCUT2D eigenvalue weighted by atomic mass is 10.0. The first-order valence-corrected chi connectivity index (χ1v) is 6.20. The summed E-state index contributed by atoms with van der Waals surface area (Å²) in [4.78, 5) is 13.7. The van der Waals surface area contributed by atoms with E-state index in [4.69, 9.17) is 0 Å². The number of piperazine rings is 1. The molecule has 0 saturated carbocycles. The first kappa shape index (κ1) is 14.1. The monoisotopic (exact) mass is 275 g/mol. The number of H-pyrrole nitrogens is 1. The molecule has 2 rings (SSSR count). The molecule has 1 aromatic rings. The van der Waals surface area contributed by atoms with E-state index in [0.29, 0.717) is 19.0 Å². The molecular weight excluding hydrogens is 259 g/mol. The van der Waals surface area contributed by atoms with E-state index >= 15 is 0 Å². The molecule has 7 heteroatoms. The van der Waals surface area contributed by atoms with Gasteiger partial charge >= 0.3 is 6.18 Å². The zero-order chi connectivity index (χ0) is 13.9. The summed E-state index contributed by atoms with van der Waals surface area (Å²) in [5.74, 6) is 0. The van der Waals surface area contributed by atoms with E-state index < -0.39 is 17.3 Å². The molecule has 106 valence electrons. The van der Waals surface area contributed by atoms with Gasteiger partial charge in [0.25, 0.3) is 5.56 Å². The van der Waals surface area contributed by atoms with Crippen LogP contribution in [0, 0.1) is 0 Å². The fourth-order valence-corrected chi connectivity index (χ4v) is 2.13. The molecule has 1 aromatic heterocycles. The van der Waals surface area contributed by atoms with Crippen LogP contribution < -0.4 is 16.2 Å². The van der Waals surface area contributed by atoms with Crippen LogP contribution in [0.4, 0.5) is 13.2 Å². The molecule has 3 N–H and O–H groups in total. The summed E-state index contributed by atoms with van der Waals surface area (Å²) < 4.78 is 37.7. The summed E-state index contributed by atoms with van der Waals surface area (Å²) in [5.41, 5.74) is -1.07. The Bertz CT molecular complexity index is 478. The lowest BCUT2D eigenvalue weighted by molar-refractivity contribution is -0.137. The van der Waals surface area contributed by atoms with Gasteiger partial charge in [0.1, 0.15) is 0 Å². The molecule has 1 aliphatic rings. The second kappa shape index (κ2) is 5.75. The van der Waals surface area contributed by atoms with Gasteiger partial charge in [-0.05, 0) is 18.9 Å². The van der Waals surface area contributed by atoms with Gasteiger partial charge in [0.15, 0.2) is 0 Å². The molecular formula is C12H16F3N3O. The number of halogens is 3. The van der Waals surface area contributed by atoms with E-state index in [9.17, 15) is 18.0 Å². The molecule has 0 bridgehead atoms. The predicted octanol–water partition coefficient (Wildman–Crippen LogP) is 0.888. The van der Waals surface area contributed by atoms with Crippen molar-refractivity contribution < 1.29 is 13.2 Å². The van der Waals surface area contributed by atoms with Crippen molar-refractivity contribution in [2.75, 3.05) is 19.6 Å². The van der Waals surface area contributed by atoms with Crippen LogP contribution in [-0.4, -0.2) is 30.7 Å². The van der Waals surface area contributed by atoms with Gasteiger partial charge < -0.3 is 15.6 Å². The van der Waals surface area contributed by atoms with Crippen molar-refractivity contribution in [2.24, 2.45) is 0 Å². The van der Waals surface area contributed by atoms with Crippen molar-refractivity contribution in [1.29, 1.82) is 0 Å². The summed E-state index contributed by atoms with van der Waals surface area (Å²) in [5, 5.41) is 6.45. The molecule has 4 nitrogen and oxygen atoms in total. The number of aromatic nitrogens is 1. The van der Waals surface area contributed by atoms with Gasteiger partial charge in [-0.3, -0.25) is 4.79 Å². The van der Waals surface area contributed by atoms with E-state index in [2.05, 4.69) is 15.6 Å². The van der Waals surface area contributed by atoms with Crippen molar-refractivity contribution in [3.05, 3.63) is 33.7 Å². The normalized spacial score (nSPS) is 20.5. The second-order valence-electron chi connectivity index (χ2n) is 4.63. The third-order valence-corrected chi connectivity index (χ3v) is 3.20. The number of rotatable bonds is 3. The Balaban J connectivity index is 2.04. The zero-order valence-electron chi connectivity index (χ0n) is 10.3. The van der Waals surface area contributed by atoms with Gasteiger partial charge in [-0.25, -0.2) is 0 Å². The molecule has 0 amide bonds. The Hall–Kier alpha value is -1.34. The topological polar surface area (TPSA) is 56.9 Å². The number of aryl methyl sites for hydroxylation is 1. The third kappa shape index (κ3) is 3.81. The Morgan fingerprint density at radius 1 is 1.32 bits per heavy atom. The Morgan fingerprint density at radius 2 is 2.11 bits per heavy atom. The van der Waals surface area contributed by atoms with Crippen molar-refractivity contribution in [3.63, 3.8) is 0 Å². The van der Waals surface area contributed by atoms with Crippen LogP contribution in [0.3, 0.4) is 0 Å². The van der Waals surface area contributed by atoms with Crippen LogP contribution in [0.15, 0.2) is 17.1 Å². The van der Waals surface area contributed by atoms with Gasteiger partial charge in [-0.2, -0.15) is 13.2 Å². The largest absolute Gasteiger partial charge is 0.417 e. The first-order chi connectivity index (χ1) is 8.97. The Labute approximate surface area is 108 Å². The number of pyridine rings is 1. The molecule has 19 heavy (non-hydrogen) atoms. The van der Waals surface area contributed by atoms with Crippen LogP contribution in [0.1, 0.15) is 17.5 Å². The maximum atomic E-state index is 12.6. The summed E-state index contributed by atoms with van der Waals surface area (Å²) in [6.07, 6.45) is -2.74. The highest BCUT2D eigenvalue weighted by molar-refractivity contribution is 5.21. The molecule has 1 saturated heterocycles. The van der Waals surface area contributed by atoms with Crippen LogP contribution in [0.2, 0.25) is 0 Å². The number of aromatic amines is 1. The fraction of sp³-hybridized carbons (Fsp3) is 0.583. The molecule has 1 aliphatic heterocycles. The summed E-state index contributed by atoms with van der Waals surface area (Å²) in [6.45, 7) is 2.50. The Morgan fingerprint density at radius 3 is 2.74 bits per heavy atom. The third-order valence-electron chi connectivity index (χ3n) is 3.20. The summed E-state index contributed by atoms with van der Waals surface area (Å²) >= 11 is 0. The molecule has 1 atom stereocenters. The lowest BCUT2D eigenvalue weighted by Crippen LogP contribution is -2.48. The Kier molecular flexibility index (Phi) is 4.26. The van der Waals surface area contributed by atoms with Crippen molar-refractivity contribution >= 4 is 0 Å². The van der Waals surface area contributed by atoms with E-state index in [1.54, 1.807) is 0 Å². The average molecular weight is 275 g/mol. The van der Waals surface area contributed by atoms with Crippen LogP contribution in [0.25, 0.3) is 0 Å². The molecule has 1 unspecified atom stereocenters. The van der Waals surface area contributed by atoms with E-state index in [-0.39, 0.29) is 11.6 Å². The number of alkyl halides is 3. The number of nitrogens with one attached hydrogen (secondary N) is 3. The van der Waals surface area contributed by atoms with E-state index in [1.165, 1.54) is 0 Å². The highest BCUT2D eigenvalue weighted by Crippen LogP contribution is 2.28. The van der Waals surface area contributed by atoms with E-state index in [1.807, 2.05) is 0 Å². The van der Waals surface area contributed by atoms with Crippen molar-refractivity contribution in [2.45, 2.75) is 25.1 Å². The van der Waals surface area contributed by atoms with Gasteiger partial charge in [0.2, 0.25) is 0 Å². The second-order valence-corrected chi connectivity index (χ2v) is 4.63. The summed E-state index contributed by atoms with van der Waals surface area (Å²) in [6, 6.07) is 1.14. The molecule has 0 radical (unpaired) electrons. The maximum Gasteiger partial charge on any atom is 0.417 e. The molecule has 0 aromatic carbocycles. The standard InChI is InChI=1S/C12H16F3N3O/c13-12(14,15)9-5-8(11(19)18-6-9)1-2-10-7-16-3-4-17-10/h5-6,10,16-17H,1-4,7H2,(H,18,19). The molecule has 2 heterocycles. The van der Waals surface area contributed by atoms with Crippen molar-refractivity contribution in [3.8, 4) is 0 Å². The fourth-order valence-electron chi connectivity index (χ4n) is 2.13. The van der Waals surface area contributed by atoms with Crippen LogP contribution in [0.5, 0.6) is 0 Å². The smallest absolute Gasteiger partial charge is 0.328 e. The highest BCUT2D eigenvalue weighted by atomic mass is 19.4. The average Bonchev–Trinajstić information content (AvgIpc) is 2.37. The van der Waals surface area contributed by atoms with Crippen LogP contribution >= 0.6 is 0 Å². The van der Waals surface area contributed by atoms with Gasteiger partial charge in [0.05, 0.1) is 5.56 Å². The summed E-state index contributed by atoms with van der Waals surface area (Å²) in [7, 11) is 0. The van der Waals surface area contributed by atoms with Gasteiger partial charge in [-0.1, -0.05) is 0 Å². The molecule has 0 aliphatic carbocycles. The maximum absolute atomic E-state index is 12.6. The number of hydrogen-bond acceptors (Lipinski definition) is 3. The lowest BCUT2D eigenvalue weighted by Gasteiger charge is -2.24. The first-order valence-electron chi connectivity index (χ1n) is 6.20. The minimum absolute atomic E-state index is 0.183. The minimum atomic E-state index is -4.43. The SMILES string of the molecule is O=c1[nH]cc(C(F)(F)F)cc1CCC1CNCCN1. The number of hydrogen-bond donors (Lipinski definition) is 3. The van der Waals surface area contributed by atoms with Gasteiger partial charge in [0, 0.05) is 37.4 Å². The van der Waals surface area contributed by atoms with Crippen molar-refractivity contribution in [1.82, 2.24) is 15.6 Å². The highest BCUT2D eigenvalue weighted by Gasteiger charge is 2.31. The van der Waals surface area contributed by atoms with E-state index in [0.717, 1.165) is 25.7 Å². The molecule has 1 fully saturated rings. The quantitative estimate of drug-likeness (QED) is 0.768. The minimum Gasteiger partial charge on any atom is -0.328 e. The zero-order valence-corrected chi connectivity index (χ0v) is 10.3. The van der Waals surface area contributed by atoms with Gasteiger partial charge in [-0.15, -0.1) is 0 Å².